The van der Waals surface area contributed by atoms with Gasteiger partial charge in [-0.2, -0.15) is 18.2 Å². The van der Waals surface area contributed by atoms with Crippen molar-refractivity contribution in [1.29, 1.82) is 0 Å². The fourth-order valence-corrected chi connectivity index (χ4v) is 3.15. The second-order valence-electron chi connectivity index (χ2n) is 6.87. The van der Waals surface area contributed by atoms with Gasteiger partial charge in [0.25, 0.3) is 5.56 Å². The van der Waals surface area contributed by atoms with E-state index in [2.05, 4.69) is 10.3 Å². The van der Waals surface area contributed by atoms with Crippen LogP contribution in [0.1, 0.15) is 12.5 Å². The third-order valence-corrected chi connectivity index (χ3v) is 4.60. The van der Waals surface area contributed by atoms with Crippen LogP contribution in [-0.4, -0.2) is 10.9 Å². The van der Waals surface area contributed by atoms with Gasteiger partial charge in [-0.05, 0) is 59.7 Å². The van der Waals surface area contributed by atoms with Crippen molar-refractivity contribution in [3.05, 3.63) is 82.6 Å². The Labute approximate surface area is 174 Å². The molecule has 0 saturated carbocycles. The molecule has 0 radical (unpaired) electrons. The molecule has 156 valence electrons. The number of hydrogen-bond donors (Lipinski definition) is 1. The quantitative estimate of drug-likeness (QED) is 0.471. The van der Waals surface area contributed by atoms with Crippen LogP contribution in [0, 0.1) is 0 Å². The Morgan fingerprint density at radius 1 is 0.935 bits per heavy atom. The van der Waals surface area contributed by atoms with Crippen LogP contribution in [0.4, 0.5) is 18.9 Å². The molecule has 4 aromatic rings. The normalized spacial score (nSPS) is 11.5. The van der Waals surface area contributed by atoms with Crippen molar-refractivity contribution in [2.45, 2.75) is 13.1 Å². The molecule has 0 unspecified atom stereocenters. The molecule has 0 bridgehead atoms. The molecule has 0 fully saturated rings. The molecule has 4 rings (SSSR count). The third-order valence-electron chi connectivity index (χ3n) is 4.60. The van der Waals surface area contributed by atoms with E-state index in [0.29, 0.717) is 5.69 Å². The summed E-state index contributed by atoms with van der Waals surface area (Å²) in [7, 11) is 0. The van der Waals surface area contributed by atoms with E-state index in [1.807, 2.05) is 6.07 Å². The summed E-state index contributed by atoms with van der Waals surface area (Å²) in [6.45, 7) is 1.41. The fraction of sp³-hybridized carbons (Fsp3) is 0.0870. The molecule has 0 aliphatic rings. The minimum absolute atomic E-state index is 0.0633. The van der Waals surface area contributed by atoms with E-state index >= 15 is 0 Å². The molecule has 1 amide bonds. The van der Waals surface area contributed by atoms with Crippen molar-refractivity contribution < 1.29 is 22.4 Å². The fourth-order valence-electron chi connectivity index (χ4n) is 3.15. The van der Waals surface area contributed by atoms with Gasteiger partial charge in [0.1, 0.15) is 5.58 Å². The number of amides is 1. The van der Waals surface area contributed by atoms with Crippen molar-refractivity contribution in [3.63, 3.8) is 0 Å². The number of aromatic nitrogens is 1. The number of hydrogen-bond acceptors (Lipinski definition) is 4. The predicted molar refractivity (Wildman–Crippen MR) is 110 cm³/mol. The van der Waals surface area contributed by atoms with Gasteiger partial charge in [-0.1, -0.05) is 18.2 Å². The van der Waals surface area contributed by atoms with Crippen molar-refractivity contribution in [2.24, 2.45) is 0 Å². The van der Waals surface area contributed by atoms with E-state index in [4.69, 9.17) is 4.42 Å². The molecule has 0 aliphatic carbocycles. The topological polar surface area (TPSA) is 72.2 Å². The number of fused-ring (bicyclic) bond motifs is 1. The van der Waals surface area contributed by atoms with Gasteiger partial charge in [-0.3, -0.25) is 9.59 Å². The molecule has 0 aliphatic heterocycles. The zero-order valence-electron chi connectivity index (χ0n) is 16.2. The molecule has 1 heterocycles. The minimum Gasteiger partial charge on any atom is -0.437 e. The summed E-state index contributed by atoms with van der Waals surface area (Å²) in [5, 5.41) is 2.93. The number of carbonyl (C=O) groups is 1. The maximum Gasteiger partial charge on any atom is 0.416 e. The Balaban J connectivity index is 1.72. The van der Waals surface area contributed by atoms with Crippen molar-refractivity contribution in [2.75, 3.05) is 5.32 Å². The van der Waals surface area contributed by atoms with E-state index in [-0.39, 0.29) is 28.3 Å². The SMILES string of the molecule is CC(=O)Nc1cccc(-c2ccc3oc(-c4ccc(C(F)(F)F)cc4)nc(=O)c3c2)c1. The molecule has 3 aromatic carbocycles. The molecule has 8 heteroatoms. The monoisotopic (exact) mass is 424 g/mol. The van der Waals surface area contributed by atoms with Crippen LogP contribution >= 0.6 is 0 Å². The van der Waals surface area contributed by atoms with Crippen LogP contribution in [0.3, 0.4) is 0 Å². The molecule has 1 aromatic heterocycles. The van der Waals surface area contributed by atoms with Gasteiger partial charge in [0.05, 0.1) is 10.9 Å². The number of nitrogens with one attached hydrogen (secondary N) is 1. The summed E-state index contributed by atoms with van der Waals surface area (Å²) in [5.74, 6) is -0.261. The number of carbonyl (C=O) groups excluding carboxylic acids is 1. The number of benzene rings is 3. The molecule has 0 saturated heterocycles. The summed E-state index contributed by atoms with van der Waals surface area (Å²) in [4.78, 5) is 27.7. The summed E-state index contributed by atoms with van der Waals surface area (Å²) in [5.41, 5.74) is 1.28. The first-order valence-corrected chi connectivity index (χ1v) is 9.21. The van der Waals surface area contributed by atoms with E-state index in [0.717, 1.165) is 23.3 Å². The average Bonchev–Trinajstić information content (AvgIpc) is 2.73. The highest BCUT2D eigenvalue weighted by Gasteiger charge is 2.30. The van der Waals surface area contributed by atoms with Gasteiger partial charge in [-0.15, -0.1) is 0 Å². The van der Waals surface area contributed by atoms with Gasteiger partial charge in [-0.25, -0.2) is 0 Å². The Morgan fingerprint density at radius 2 is 1.61 bits per heavy atom. The molecular weight excluding hydrogens is 409 g/mol. The van der Waals surface area contributed by atoms with Gasteiger partial charge < -0.3 is 9.73 Å². The summed E-state index contributed by atoms with van der Waals surface area (Å²) >= 11 is 0. The Kier molecular flexibility index (Phi) is 5.06. The first-order chi connectivity index (χ1) is 14.7. The highest BCUT2D eigenvalue weighted by atomic mass is 19.4. The van der Waals surface area contributed by atoms with Crippen LogP contribution in [0.25, 0.3) is 33.6 Å². The van der Waals surface area contributed by atoms with E-state index < -0.39 is 17.3 Å². The first kappa shape index (κ1) is 20.3. The Morgan fingerprint density at radius 3 is 2.29 bits per heavy atom. The lowest BCUT2D eigenvalue weighted by Crippen LogP contribution is -2.08. The predicted octanol–water partition coefficient (Wildman–Crippen LogP) is 5.50. The number of rotatable bonds is 3. The van der Waals surface area contributed by atoms with Crippen LogP contribution in [0.2, 0.25) is 0 Å². The maximum absolute atomic E-state index is 12.7. The Bertz CT molecular complexity index is 1340. The molecule has 31 heavy (non-hydrogen) atoms. The van der Waals surface area contributed by atoms with Crippen LogP contribution in [0.15, 0.2) is 75.9 Å². The van der Waals surface area contributed by atoms with Gasteiger partial charge in [0.2, 0.25) is 11.8 Å². The highest BCUT2D eigenvalue weighted by molar-refractivity contribution is 5.90. The standard InChI is InChI=1S/C23H15F3N2O3/c1-13(29)27-18-4-2-3-15(11-18)16-7-10-20-19(12-16)21(30)28-22(31-20)14-5-8-17(9-6-14)23(24,25)26/h2-12H,1H3,(H,27,29). The summed E-state index contributed by atoms with van der Waals surface area (Å²) < 4.78 is 43.9. The van der Waals surface area contributed by atoms with Crippen LogP contribution < -0.4 is 10.9 Å². The van der Waals surface area contributed by atoms with Crippen molar-refractivity contribution in [3.8, 4) is 22.6 Å². The number of anilines is 1. The van der Waals surface area contributed by atoms with E-state index in [9.17, 15) is 22.8 Å². The highest BCUT2D eigenvalue weighted by Crippen LogP contribution is 2.31. The smallest absolute Gasteiger partial charge is 0.416 e. The molecule has 5 nitrogen and oxygen atoms in total. The first-order valence-electron chi connectivity index (χ1n) is 9.21. The lowest BCUT2D eigenvalue weighted by Gasteiger charge is -2.08. The van der Waals surface area contributed by atoms with E-state index in [1.54, 1.807) is 36.4 Å². The maximum atomic E-state index is 12.7. The molecule has 0 atom stereocenters. The average molecular weight is 424 g/mol. The third kappa shape index (κ3) is 4.32. The lowest BCUT2D eigenvalue weighted by atomic mass is 10.0. The lowest BCUT2D eigenvalue weighted by molar-refractivity contribution is -0.137. The van der Waals surface area contributed by atoms with Crippen molar-refractivity contribution in [1.82, 2.24) is 4.98 Å². The number of halogens is 3. The largest absolute Gasteiger partial charge is 0.437 e. The molecular formula is C23H15F3N2O3. The minimum atomic E-state index is -4.45. The van der Waals surface area contributed by atoms with Crippen LogP contribution in [-0.2, 0) is 11.0 Å². The van der Waals surface area contributed by atoms with E-state index in [1.165, 1.54) is 19.1 Å². The zero-order valence-corrected chi connectivity index (χ0v) is 16.2. The van der Waals surface area contributed by atoms with Gasteiger partial charge in [0.15, 0.2) is 0 Å². The zero-order chi connectivity index (χ0) is 22.2. The second-order valence-corrected chi connectivity index (χ2v) is 6.87. The number of nitrogens with zero attached hydrogens (tertiary/aromatic N) is 1. The van der Waals surface area contributed by atoms with Gasteiger partial charge in [0, 0.05) is 18.2 Å². The summed E-state index contributed by atoms with van der Waals surface area (Å²) in [6, 6.07) is 16.3. The second kappa shape index (κ2) is 7.71. The molecule has 0 spiro atoms. The number of alkyl halides is 3. The van der Waals surface area contributed by atoms with Gasteiger partial charge >= 0.3 is 6.18 Å². The van der Waals surface area contributed by atoms with Crippen molar-refractivity contribution >= 4 is 22.6 Å². The van der Waals surface area contributed by atoms with Crippen LogP contribution in [0.5, 0.6) is 0 Å². The Hall–Kier alpha value is -3.94. The summed E-state index contributed by atoms with van der Waals surface area (Å²) in [6.07, 6.45) is -4.45. The molecule has 1 N–H and O–H groups in total.